The van der Waals surface area contributed by atoms with Gasteiger partial charge in [0, 0.05) is 44.2 Å². The first-order valence-electron chi connectivity index (χ1n) is 21.1. The van der Waals surface area contributed by atoms with Gasteiger partial charge in [0.15, 0.2) is 0 Å². The third kappa shape index (κ3) is 5.86. The molecule has 0 radical (unpaired) electrons. The molecule has 2 aliphatic rings. The zero-order valence-electron chi connectivity index (χ0n) is 34.2. The largest absolute Gasteiger partial charge is 0.455 e. The van der Waals surface area contributed by atoms with Crippen molar-refractivity contribution < 1.29 is 4.42 Å². The van der Waals surface area contributed by atoms with Crippen molar-refractivity contribution in [3.8, 4) is 44.5 Å². The lowest BCUT2D eigenvalue weighted by Gasteiger charge is -2.34. The van der Waals surface area contributed by atoms with Gasteiger partial charge >= 0.3 is 0 Å². The number of rotatable bonds is 7. The summed E-state index contributed by atoms with van der Waals surface area (Å²) >= 11 is 0. The van der Waals surface area contributed by atoms with E-state index in [2.05, 4.69) is 226 Å². The summed E-state index contributed by atoms with van der Waals surface area (Å²) in [6.07, 6.45) is 8.04. The SMILES string of the molecule is CC1(c2ccccc2)C=CC(N(c2ccc(-c3cccc4c3oc3ccccc34)cc2)c2ccc3c(c2)C(C)(C)c2c(-c4ccccc4)cc(-c4ccccc4)cc2-3)=CC1. The number of furan rings is 1. The molecular formula is C58H45NO. The monoisotopic (exact) mass is 771 g/mol. The fraction of sp³-hybridized carbons (Fsp3) is 0.103. The van der Waals surface area contributed by atoms with E-state index in [1.165, 1.54) is 55.8 Å². The summed E-state index contributed by atoms with van der Waals surface area (Å²) in [7, 11) is 0. The molecule has 1 atom stereocenters. The van der Waals surface area contributed by atoms with Gasteiger partial charge in [-0.1, -0.05) is 179 Å². The van der Waals surface area contributed by atoms with Crippen LogP contribution in [0.4, 0.5) is 11.4 Å². The summed E-state index contributed by atoms with van der Waals surface area (Å²) < 4.78 is 6.47. The molecule has 8 aromatic carbocycles. The van der Waals surface area contributed by atoms with Crippen LogP contribution in [0.15, 0.2) is 216 Å². The second-order valence-electron chi connectivity index (χ2n) is 17.1. The minimum atomic E-state index is -0.246. The minimum Gasteiger partial charge on any atom is -0.455 e. The molecule has 0 fully saturated rings. The maximum Gasteiger partial charge on any atom is 0.143 e. The van der Waals surface area contributed by atoms with Crippen LogP contribution in [0.3, 0.4) is 0 Å². The number of hydrogen-bond donors (Lipinski definition) is 0. The molecule has 0 saturated heterocycles. The molecule has 2 nitrogen and oxygen atoms in total. The fourth-order valence-electron chi connectivity index (χ4n) is 9.86. The number of anilines is 2. The number of para-hydroxylation sites is 2. The molecule has 2 aliphatic carbocycles. The highest BCUT2D eigenvalue weighted by molar-refractivity contribution is 6.09. The number of fused-ring (bicyclic) bond motifs is 6. The maximum atomic E-state index is 6.47. The number of allylic oxidation sites excluding steroid dienone is 3. The van der Waals surface area contributed by atoms with E-state index >= 15 is 0 Å². The van der Waals surface area contributed by atoms with Crippen molar-refractivity contribution in [1.82, 2.24) is 0 Å². The van der Waals surface area contributed by atoms with E-state index in [1.54, 1.807) is 0 Å². The predicted molar refractivity (Wildman–Crippen MR) is 252 cm³/mol. The van der Waals surface area contributed by atoms with Gasteiger partial charge in [-0.05, 0) is 111 Å². The maximum absolute atomic E-state index is 6.47. The molecule has 0 aliphatic heterocycles. The van der Waals surface area contributed by atoms with Crippen molar-refractivity contribution in [1.29, 1.82) is 0 Å². The van der Waals surface area contributed by atoms with Crippen molar-refractivity contribution in [2.75, 3.05) is 4.90 Å². The standard InChI is InChI=1S/C58H45NO/c1-57(2)53-38-46(30-31-48(53)52-37-42(39-16-7-4-8-17-39)36-51(55(52)57)40-18-9-5-10-19-40)59(45-32-34-58(3,35-33-45)43-20-11-6-12-21-43)44-28-26-41(27-29-44)47-23-15-24-50-49-22-13-14-25-54(49)60-56(47)50/h4-34,36-38H,35H2,1-3H3. The third-order valence-corrected chi connectivity index (χ3v) is 13.1. The molecule has 0 bridgehead atoms. The van der Waals surface area contributed by atoms with Gasteiger partial charge < -0.3 is 9.32 Å². The third-order valence-electron chi connectivity index (χ3n) is 13.1. The molecule has 1 unspecified atom stereocenters. The Morgan fingerprint density at radius 3 is 1.85 bits per heavy atom. The Bertz CT molecular complexity index is 3130. The molecule has 288 valence electrons. The lowest BCUT2D eigenvalue weighted by molar-refractivity contribution is 0.595. The van der Waals surface area contributed by atoms with E-state index in [0.717, 1.165) is 50.9 Å². The van der Waals surface area contributed by atoms with Gasteiger partial charge in [-0.15, -0.1) is 0 Å². The second kappa shape index (κ2) is 14.0. The van der Waals surface area contributed by atoms with Crippen LogP contribution in [0.2, 0.25) is 0 Å². The quantitative estimate of drug-likeness (QED) is 0.160. The van der Waals surface area contributed by atoms with Crippen LogP contribution in [0.25, 0.3) is 66.4 Å². The lowest BCUT2D eigenvalue weighted by Crippen LogP contribution is -2.24. The first-order chi connectivity index (χ1) is 29.4. The van der Waals surface area contributed by atoms with Crippen molar-refractivity contribution in [2.45, 2.75) is 38.0 Å². The van der Waals surface area contributed by atoms with Crippen molar-refractivity contribution in [2.24, 2.45) is 0 Å². The molecule has 2 heteroatoms. The number of hydrogen-bond acceptors (Lipinski definition) is 2. The molecule has 0 amide bonds. The van der Waals surface area contributed by atoms with E-state index in [9.17, 15) is 0 Å². The summed E-state index contributed by atoms with van der Waals surface area (Å²) in [5, 5.41) is 2.28. The highest BCUT2D eigenvalue weighted by Gasteiger charge is 2.39. The van der Waals surface area contributed by atoms with Crippen LogP contribution in [0, 0.1) is 0 Å². The first kappa shape index (κ1) is 36.0. The minimum absolute atomic E-state index is 0.0859. The van der Waals surface area contributed by atoms with E-state index in [4.69, 9.17) is 4.42 Å². The van der Waals surface area contributed by atoms with Crippen molar-refractivity contribution in [3.05, 3.63) is 229 Å². The number of benzene rings is 8. The summed E-state index contributed by atoms with van der Waals surface area (Å²) in [5.74, 6) is 0. The van der Waals surface area contributed by atoms with Gasteiger partial charge in [0.2, 0.25) is 0 Å². The summed E-state index contributed by atoms with van der Waals surface area (Å²) in [5.41, 5.74) is 18.8. The highest BCUT2D eigenvalue weighted by atomic mass is 16.3. The molecule has 9 aromatic rings. The zero-order chi connectivity index (χ0) is 40.4. The number of nitrogens with zero attached hydrogens (tertiary/aromatic N) is 1. The molecule has 1 heterocycles. The Kier molecular flexibility index (Phi) is 8.39. The highest BCUT2D eigenvalue weighted by Crippen LogP contribution is 2.55. The Morgan fingerprint density at radius 2 is 1.12 bits per heavy atom. The summed E-state index contributed by atoms with van der Waals surface area (Å²) in [6.45, 7) is 7.14. The molecule has 0 saturated carbocycles. The van der Waals surface area contributed by atoms with Gasteiger partial charge in [-0.3, -0.25) is 0 Å². The average Bonchev–Trinajstić information content (AvgIpc) is 3.80. The van der Waals surface area contributed by atoms with E-state index < -0.39 is 0 Å². The molecule has 0 N–H and O–H groups in total. The first-order valence-corrected chi connectivity index (χ1v) is 21.1. The van der Waals surface area contributed by atoms with Gasteiger partial charge in [0.1, 0.15) is 11.2 Å². The topological polar surface area (TPSA) is 16.4 Å². The Labute approximate surface area is 352 Å². The molecule has 11 rings (SSSR count). The van der Waals surface area contributed by atoms with Gasteiger partial charge in [-0.2, -0.15) is 0 Å². The van der Waals surface area contributed by atoms with E-state index in [0.29, 0.717) is 0 Å². The van der Waals surface area contributed by atoms with Gasteiger partial charge in [0.25, 0.3) is 0 Å². The van der Waals surface area contributed by atoms with Crippen molar-refractivity contribution >= 4 is 33.3 Å². The van der Waals surface area contributed by atoms with E-state index in [1.807, 2.05) is 6.07 Å². The van der Waals surface area contributed by atoms with Crippen LogP contribution in [0.1, 0.15) is 43.9 Å². The molecular weight excluding hydrogens is 727 g/mol. The van der Waals surface area contributed by atoms with Crippen LogP contribution in [-0.2, 0) is 10.8 Å². The molecule has 0 spiro atoms. The predicted octanol–water partition coefficient (Wildman–Crippen LogP) is 15.8. The van der Waals surface area contributed by atoms with Gasteiger partial charge in [0.05, 0.1) is 0 Å². The van der Waals surface area contributed by atoms with E-state index in [-0.39, 0.29) is 10.8 Å². The zero-order valence-corrected chi connectivity index (χ0v) is 34.2. The Morgan fingerprint density at radius 1 is 0.483 bits per heavy atom. The van der Waals surface area contributed by atoms with Crippen molar-refractivity contribution in [3.63, 3.8) is 0 Å². The van der Waals surface area contributed by atoms with Crippen LogP contribution < -0.4 is 4.90 Å². The Hall–Kier alpha value is -7.16. The normalized spacial score (nSPS) is 16.4. The fourth-order valence-corrected chi connectivity index (χ4v) is 9.86. The van der Waals surface area contributed by atoms with Crippen LogP contribution in [0.5, 0.6) is 0 Å². The average molecular weight is 772 g/mol. The lowest BCUT2D eigenvalue weighted by atomic mass is 9.76. The van der Waals surface area contributed by atoms with Crippen LogP contribution in [-0.4, -0.2) is 0 Å². The molecule has 1 aromatic heterocycles. The second-order valence-corrected chi connectivity index (χ2v) is 17.1. The Balaban J connectivity index is 1.04. The summed E-state index contributed by atoms with van der Waals surface area (Å²) in [4.78, 5) is 2.44. The molecule has 60 heavy (non-hydrogen) atoms. The van der Waals surface area contributed by atoms with Crippen LogP contribution >= 0.6 is 0 Å². The summed E-state index contributed by atoms with van der Waals surface area (Å²) in [6, 6.07) is 68.3. The smallest absolute Gasteiger partial charge is 0.143 e. The van der Waals surface area contributed by atoms with Gasteiger partial charge in [-0.25, -0.2) is 0 Å².